The lowest BCUT2D eigenvalue weighted by atomic mass is 10.1. The second-order valence-corrected chi connectivity index (χ2v) is 7.57. The first-order chi connectivity index (χ1) is 10.4. The van der Waals surface area contributed by atoms with Gasteiger partial charge in [0.1, 0.15) is 0 Å². The van der Waals surface area contributed by atoms with Crippen molar-refractivity contribution in [1.82, 2.24) is 4.72 Å². The predicted octanol–water partition coefficient (Wildman–Crippen LogP) is 2.28. The summed E-state index contributed by atoms with van der Waals surface area (Å²) in [6.07, 6.45) is 0.502. The van der Waals surface area contributed by atoms with Crippen LogP contribution in [-0.4, -0.2) is 25.5 Å². The van der Waals surface area contributed by atoms with E-state index in [0.29, 0.717) is 12.0 Å². The van der Waals surface area contributed by atoms with Gasteiger partial charge in [-0.1, -0.05) is 12.1 Å². The molecular formula is C15H17NO4S2. The fourth-order valence-electron chi connectivity index (χ4n) is 2.10. The van der Waals surface area contributed by atoms with Gasteiger partial charge in [-0.3, -0.25) is 4.79 Å². The van der Waals surface area contributed by atoms with Gasteiger partial charge >= 0.3 is 5.97 Å². The molecule has 0 aliphatic carbocycles. The van der Waals surface area contributed by atoms with Crippen molar-refractivity contribution < 1.29 is 18.3 Å². The van der Waals surface area contributed by atoms with Gasteiger partial charge in [-0.05, 0) is 53.4 Å². The van der Waals surface area contributed by atoms with E-state index in [-0.39, 0.29) is 17.4 Å². The van der Waals surface area contributed by atoms with Crippen LogP contribution in [0.5, 0.6) is 0 Å². The van der Waals surface area contributed by atoms with Crippen LogP contribution in [0.25, 0.3) is 0 Å². The highest BCUT2D eigenvalue weighted by Crippen LogP contribution is 2.14. The van der Waals surface area contributed by atoms with Crippen LogP contribution in [0.15, 0.2) is 46.0 Å². The zero-order valence-electron chi connectivity index (χ0n) is 12.0. The van der Waals surface area contributed by atoms with E-state index >= 15 is 0 Å². The molecule has 0 radical (unpaired) electrons. The molecule has 0 saturated carbocycles. The van der Waals surface area contributed by atoms with Crippen molar-refractivity contribution >= 4 is 27.3 Å². The Kier molecular flexibility index (Phi) is 5.33. The van der Waals surface area contributed by atoms with Crippen LogP contribution in [0.2, 0.25) is 0 Å². The lowest BCUT2D eigenvalue weighted by Gasteiger charge is -2.14. The summed E-state index contributed by atoms with van der Waals surface area (Å²) >= 11 is 1.58. The van der Waals surface area contributed by atoms with Crippen molar-refractivity contribution in [3.05, 3.63) is 52.2 Å². The molecule has 7 heteroatoms. The molecule has 2 aromatic rings. The third-order valence-corrected chi connectivity index (χ3v) is 5.40. The maximum absolute atomic E-state index is 12.3. The third kappa shape index (κ3) is 4.66. The Morgan fingerprint density at radius 1 is 1.23 bits per heavy atom. The lowest BCUT2D eigenvalue weighted by molar-refractivity contribution is -0.136. The molecule has 5 nitrogen and oxygen atoms in total. The monoisotopic (exact) mass is 339 g/mol. The summed E-state index contributed by atoms with van der Waals surface area (Å²) in [6.45, 7) is 1.81. The second kappa shape index (κ2) is 7.04. The van der Waals surface area contributed by atoms with Crippen molar-refractivity contribution in [3.63, 3.8) is 0 Å². The Balaban J connectivity index is 2.04. The first-order valence-corrected chi connectivity index (χ1v) is 9.13. The Labute approximate surface area is 133 Å². The molecule has 2 rings (SSSR count). The first kappa shape index (κ1) is 16.7. The molecule has 1 unspecified atom stereocenters. The molecule has 0 aliphatic rings. The average Bonchev–Trinajstić information content (AvgIpc) is 2.90. The SMILES string of the molecule is CC(Cc1ccsc1)NS(=O)(=O)c1ccc(CC(=O)O)cc1. The molecule has 0 spiro atoms. The summed E-state index contributed by atoms with van der Waals surface area (Å²) in [4.78, 5) is 10.8. The number of thiophene rings is 1. The molecule has 1 heterocycles. The highest BCUT2D eigenvalue weighted by Gasteiger charge is 2.17. The Morgan fingerprint density at radius 3 is 2.45 bits per heavy atom. The van der Waals surface area contributed by atoms with Crippen molar-refractivity contribution in [1.29, 1.82) is 0 Å². The zero-order valence-corrected chi connectivity index (χ0v) is 13.7. The molecule has 0 bridgehead atoms. The maximum Gasteiger partial charge on any atom is 0.307 e. The fraction of sp³-hybridized carbons (Fsp3) is 0.267. The van der Waals surface area contributed by atoms with E-state index in [0.717, 1.165) is 5.56 Å². The summed E-state index contributed by atoms with van der Waals surface area (Å²) in [5.74, 6) is -0.946. The van der Waals surface area contributed by atoms with Gasteiger partial charge in [0.2, 0.25) is 10.0 Å². The minimum absolute atomic E-state index is 0.123. The smallest absolute Gasteiger partial charge is 0.307 e. The highest BCUT2D eigenvalue weighted by atomic mass is 32.2. The maximum atomic E-state index is 12.3. The highest BCUT2D eigenvalue weighted by molar-refractivity contribution is 7.89. The lowest BCUT2D eigenvalue weighted by Crippen LogP contribution is -2.34. The van der Waals surface area contributed by atoms with Gasteiger partial charge in [0, 0.05) is 6.04 Å². The van der Waals surface area contributed by atoms with Crippen LogP contribution in [0.4, 0.5) is 0 Å². The largest absolute Gasteiger partial charge is 0.481 e. The molecule has 1 aromatic carbocycles. The fourth-order valence-corrected chi connectivity index (χ4v) is 4.02. The van der Waals surface area contributed by atoms with E-state index in [4.69, 9.17) is 5.11 Å². The van der Waals surface area contributed by atoms with Crippen LogP contribution in [-0.2, 0) is 27.7 Å². The molecule has 1 aromatic heterocycles. The molecule has 118 valence electrons. The summed E-state index contributed by atoms with van der Waals surface area (Å²) in [6, 6.07) is 7.64. The van der Waals surface area contributed by atoms with Crippen LogP contribution < -0.4 is 4.72 Å². The van der Waals surface area contributed by atoms with Gasteiger partial charge < -0.3 is 5.11 Å². The molecule has 0 amide bonds. The first-order valence-electron chi connectivity index (χ1n) is 6.71. The van der Waals surface area contributed by atoms with Crippen molar-refractivity contribution in [3.8, 4) is 0 Å². The van der Waals surface area contributed by atoms with Gasteiger partial charge in [-0.25, -0.2) is 13.1 Å². The second-order valence-electron chi connectivity index (χ2n) is 5.07. The summed E-state index contributed by atoms with van der Waals surface area (Å²) < 4.78 is 27.2. The van der Waals surface area contributed by atoms with Crippen LogP contribution >= 0.6 is 11.3 Å². The molecule has 2 N–H and O–H groups in total. The molecular weight excluding hydrogens is 322 g/mol. The number of aliphatic carboxylic acids is 1. The molecule has 0 aliphatic heterocycles. The van der Waals surface area contributed by atoms with Crippen LogP contribution in [0, 0.1) is 0 Å². The van der Waals surface area contributed by atoms with Gasteiger partial charge in [0.25, 0.3) is 0 Å². The predicted molar refractivity (Wildman–Crippen MR) is 85.6 cm³/mol. The number of rotatable bonds is 7. The minimum atomic E-state index is -3.60. The number of hydrogen-bond acceptors (Lipinski definition) is 4. The number of sulfonamides is 1. The van der Waals surface area contributed by atoms with Gasteiger partial charge in [-0.15, -0.1) is 0 Å². The van der Waals surface area contributed by atoms with Crippen LogP contribution in [0.3, 0.4) is 0 Å². The standard InChI is InChI=1S/C15H17NO4S2/c1-11(8-13-6-7-21-10-13)16-22(19,20)14-4-2-12(3-5-14)9-15(17)18/h2-7,10-11,16H,8-9H2,1H3,(H,17,18). The quantitative estimate of drug-likeness (QED) is 0.811. The van der Waals surface area contributed by atoms with Crippen molar-refractivity contribution in [2.45, 2.75) is 30.7 Å². The van der Waals surface area contributed by atoms with Crippen LogP contribution in [0.1, 0.15) is 18.1 Å². The minimum Gasteiger partial charge on any atom is -0.481 e. The number of carboxylic acid groups (broad SMARTS) is 1. The van der Waals surface area contributed by atoms with E-state index in [1.807, 2.05) is 23.8 Å². The number of benzene rings is 1. The molecule has 0 saturated heterocycles. The van der Waals surface area contributed by atoms with Gasteiger partial charge in [0.15, 0.2) is 0 Å². The average molecular weight is 339 g/mol. The molecule has 0 fully saturated rings. The third-order valence-electron chi connectivity index (χ3n) is 3.07. The van der Waals surface area contributed by atoms with E-state index in [1.54, 1.807) is 11.3 Å². The van der Waals surface area contributed by atoms with Gasteiger partial charge in [0.05, 0.1) is 11.3 Å². The van der Waals surface area contributed by atoms with E-state index < -0.39 is 16.0 Å². The number of hydrogen-bond donors (Lipinski definition) is 2. The summed E-state index contributed by atoms with van der Waals surface area (Å²) in [5.41, 5.74) is 1.66. The summed E-state index contributed by atoms with van der Waals surface area (Å²) in [7, 11) is -3.60. The van der Waals surface area contributed by atoms with Crippen molar-refractivity contribution in [2.24, 2.45) is 0 Å². The Hall–Kier alpha value is -1.70. The van der Waals surface area contributed by atoms with Gasteiger partial charge in [-0.2, -0.15) is 11.3 Å². The molecule has 1 atom stereocenters. The number of nitrogens with one attached hydrogen (secondary N) is 1. The Morgan fingerprint density at radius 2 is 1.91 bits per heavy atom. The van der Waals surface area contributed by atoms with E-state index in [9.17, 15) is 13.2 Å². The number of carbonyl (C=O) groups is 1. The normalized spacial score (nSPS) is 13.0. The number of carboxylic acids is 1. The van der Waals surface area contributed by atoms with E-state index in [1.165, 1.54) is 24.3 Å². The zero-order chi connectivity index (χ0) is 16.2. The summed E-state index contributed by atoms with van der Waals surface area (Å²) in [5, 5.41) is 12.7. The van der Waals surface area contributed by atoms with E-state index in [2.05, 4.69) is 4.72 Å². The van der Waals surface area contributed by atoms with Crippen molar-refractivity contribution in [2.75, 3.05) is 0 Å². The topological polar surface area (TPSA) is 83.5 Å². The Bertz CT molecular complexity index is 721. The molecule has 22 heavy (non-hydrogen) atoms.